The van der Waals surface area contributed by atoms with E-state index in [9.17, 15) is 4.79 Å². The van der Waals surface area contributed by atoms with Crippen LogP contribution in [0.15, 0.2) is 41.8 Å². The van der Waals surface area contributed by atoms with Crippen molar-refractivity contribution in [1.29, 1.82) is 0 Å². The van der Waals surface area contributed by atoms with Crippen molar-refractivity contribution in [3.63, 3.8) is 0 Å². The fraction of sp³-hybridized carbons (Fsp3) is 0.350. The predicted octanol–water partition coefficient (Wildman–Crippen LogP) is 3.39. The van der Waals surface area contributed by atoms with Gasteiger partial charge in [-0.25, -0.2) is 0 Å². The summed E-state index contributed by atoms with van der Waals surface area (Å²) in [7, 11) is 1.62. The molecule has 0 saturated carbocycles. The third-order valence-electron chi connectivity index (χ3n) is 4.73. The molecule has 4 rings (SSSR count). The van der Waals surface area contributed by atoms with Crippen molar-refractivity contribution < 1.29 is 14.3 Å². The number of piperazine rings is 1. The van der Waals surface area contributed by atoms with Gasteiger partial charge in [-0.1, -0.05) is 17.4 Å². The third-order valence-corrected chi connectivity index (χ3v) is 6.75. The summed E-state index contributed by atoms with van der Waals surface area (Å²) < 4.78 is 10.9. The Balaban J connectivity index is 1.31. The largest absolute Gasteiger partial charge is 0.497 e. The van der Waals surface area contributed by atoms with E-state index in [0.717, 1.165) is 33.9 Å². The molecule has 1 amide bonds. The monoisotopic (exact) mass is 430 g/mol. The van der Waals surface area contributed by atoms with Crippen molar-refractivity contribution in [2.75, 3.05) is 38.2 Å². The van der Waals surface area contributed by atoms with Crippen LogP contribution in [-0.2, 0) is 4.79 Å². The summed E-state index contributed by atoms with van der Waals surface area (Å²) in [6, 6.07) is 11.3. The Kier molecular flexibility index (Phi) is 5.96. The average molecular weight is 431 g/mol. The summed E-state index contributed by atoms with van der Waals surface area (Å²) in [4.78, 5) is 17.9. The highest BCUT2D eigenvalue weighted by molar-refractivity contribution is 7.22. The Bertz CT molecular complexity index is 935. The van der Waals surface area contributed by atoms with Gasteiger partial charge in [-0.2, -0.15) is 0 Å². The zero-order chi connectivity index (χ0) is 20.2. The van der Waals surface area contributed by atoms with Crippen LogP contribution in [0.2, 0.25) is 0 Å². The van der Waals surface area contributed by atoms with Crippen molar-refractivity contribution in [2.24, 2.45) is 0 Å². The Morgan fingerprint density at radius 1 is 1.07 bits per heavy atom. The maximum absolute atomic E-state index is 12.8. The van der Waals surface area contributed by atoms with Crippen LogP contribution in [0.4, 0.5) is 5.13 Å². The van der Waals surface area contributed by atoms with E-state index in [1.165, 1.54) is 0 Å². The number of nitrogens with zero attached hydrogens (tertiary/aromatic N) is 4. The Morgan fingerprint density at radius 2 is 1.79 bits per heavy atom. The second-order valence-electron chi connectivity index (χ2n) is 6.62. The van der Waals surface area contributed by atoms with E-state index < -0.39 is 6.10 Å². The molecule has 1 fully saturated rings. The van der Waals surface area contributed by atoms with Gasteiger partial charge < -0.3 is 19.3 Å². The van der Waals surface area contributed by atoms with Crippen LogP contribution in [0.1, 0.15) is 6.92 Å². The van der Waals surface area contributed by atoms with Crippen LogP contribution >= 0.6 is 22.7 Å². The van der Waals surface area contributed by atoms with E-state index >= 15 is 0 Å². The number of carbonyl (C=O) groups is 1. The number of benzene rings is 1. The lowest BCUT2D eigenvalue weighted by atomic mass is 10.2. The second-order valence-corrected chi connectivity index (χ2v) is 8.52. The number of hydrogen-bond donors (Lipinski definition) is 0. The number of carbonyl (C=O) groups excluding carboxylic acids is 1. The number of ether oxygens (including phenoxy) is 2. The van der Waals surface area contributed by atoms with Crippen molar-refractivity contribution in [2.45, 2.75) is 13.0 Å². The van der Waals surface area contributed by atoms with E-state index in [1.807, 2.05) is 28.5 Å². The first-order valence-electron chi connectivity index (χ1n) is 9.36. The molecule has 1 aliphatic rings. The first kappa shape index (κ1) is 19.7. The fourth-order valence-electron chi connectivity index (χ4n) is 3.13. The lowest BCUT2D eigenvalue weighted by Gasteiger charge is -2.35. The highest BCUT2D eigenvalue weighted by atomic mass is 32.1. The molecule has 9 heteroatoms. The van der Waals surface area contributed by atoms with Crippen molar-refractivity contribution in [1.82, 2.24) is 15.1 Å². The standard InChI is InChI=1S/C20H22N4O3S2/c1-14(27-16-7-5-15(26-2)6-8-16)19(25)23-9-11-24(12-10-23)20-22-21-18(29-20)17-4-3-13-28-17/h3-8,13-14H,9-12H2,1-2H3. The van der Waals surface area contributed by atoms with Gasteiger partial charge in [0.2, 0.25) is 5.13 Å². The summed E-state index contributed by atoms with van der Waals surface area (Å²) >= 11 is 3.26. The minimum absolute atomic E-state index is 0.00277. The zero-order valence-electron chi connectivity index (χ0n) is 16.3. The molecule has 1 atom stereocenters. The van der Waals surface area contributed by atoms with Crippen LogP contribution in [0.25, 0.3) is 9.88 Å². The Hall–Kier alpha value is -2.65. The number of methoxy groups -OCH3 is 1. The van der Waals surface area contributed by atoms with Gasteiger partial charge in [0, 0.05) is 26.2 Å². The molecule has 1 aromatic carbocycles. The van der Waals surface area contributed by atoms with E-state index in [2.05, 4.69) is 21.2 Å². The van der Waals surface area contributed by atoms with Crippen LogP contribution in [-0.4, -0.2) is 60.4 Å². The molecular formula is C20H22N4O3S2. The van der Waals surface area contributed by atoms with Crippen LogP contribution < -0.4 is 14.4 Å². The van der Waals surface area contributed by atoms with Gasteiger partial charge in [0.15, 0.2) is 11.1 Å². The lowest BCUT2D eigenvalue weighted by Crippen LogP contribution is -2.52. The summed E-state index contributed by atoms with van der Waals surface area (Å²) in [6.45, 7) is 4.54. The zero-order valence-corrected chi connectivity index (χ0v) is 17.9. The minimum atomic E-state index is -0.540. The first-order chi connectivity index (χ1) is 14.1. The lowest BCUT2D eigenvalue weighted by molar-refractivity contribution is -0.138. The molecule has 1 saturated heterocycles. The van der Waals surface area contributed by atoms with Gasteiger partial charge in [-0.3, -0.25) is 4.79 Å². The maximum Gasteiger partial charge on any atom is 0.263 e. The number of hydrogen-bond acceptors (Lipinski definition) is 8. The second kappa shape index (κ2) is 8.79. The highest BCUT2D eigenvalue weighted by Crippen LogP contribution is 2.31. The van der Waals surface area contributed by atoms with E-state index in [4.69, 9.17) is 9.47 Å². The van der Waals surface area contributed by atoms with Gasteiger partial charge in [0.1, 0.15) is 11.5 Å². The summed E-state index contributed by atoms with van der Waals surface area (Å²) in [5, 5.41) is 12.5. The summed E-state index contributed by atoms with van der Waals surface area (Å²) in [5.74, 6) is 1.41. The van der Waals surface area contributed by atoms with Gasteiger partial charge in [0.05, 0.1) is 12.0 Å². The van der Waals surface area contributed by atoms with Crippen LogP contribution in [0.3, 0.4) is 0 Å². The topological polar surface area (TPSA) is 67.8 Å². The van der Waals surface area contributed by atoms with Crippen molar-refractivity contribution >= 4 is 33.7 Å². The van der Waals surface area contributed by atoms with Crippen molar-refractivity contribution in [3.05, 3.63) is 41.8 Å². The van der Waals surface area contributed by atoms with Gasteiger partial charge >= 0.3 is 0 Å². The molecule has 29 heavy (non-hydrogen) atoms. The van der Waals surface area contributed by atoms with Gasteiger partial charge in [0.25, 0.3) is 5.91 Å². The number of amides is 1. The predicted molar refractivity (Wildman–Crippen MR) is 115 cm³/mol. The quantitative estimate of drug-likeness (QED) is 0.597. The van der Waals surface area contributed by atoms with Crippen LogP contribution in [0.5, 0.6) is 11.5 Å². The molecule has 7 nitrogen and oxygen atoms in total. The number of anilines is 1. The first-order valence-corrected chi connectivity index (χ1v) is 11.1. The molecule has 0 aliphatic carbocycles. The maximum atomic E-state index is 12.8. The molecule has 0 N–H and O–H groups in total. The van der Waals surface area contributed by atoms with Gasteiger partial charge in [-0.05, 0) is 42.6 Å². The number of rotatable bonds is 6. The van der Waals surface area contributed by atoms with E-state index in [-0.39, 0.29) is 5.91 Å². The summed E-state index contributed by atoms with van der Waals surface area (Å²) in [5.41, 5.74) is 0. The highest BCUT2D eigenvalue weighted by Gasteiger charge is 2.27. The molecule has 0 bridgehead atoms. The molecule has 1 aliphatic heterocycles. The average Bonchev–Trinajstić information content (AvgIpc) is 3.46. The molecule has 0 radical (unpaired) electrons. The summed E-state index contributed by atoms with van der Waals surface area (Å²) in [6.07, 6.45) is -0.540. The normalized spacial score (nSPS) is 15.2. The number of aromatic nitrogens is 2. The molecule has 3 aromatic rings. The van der Waals surface area contributed by atoms with E-state index in [1.54, 1.807) is 48.8 Å². The minimum Gasteiger partial charge on any atom is -0.497 e. The smallest absolute Gasteiger partial charge is 0.263 e. The molecule has 2 aromatic heterocycles. The SMILES string of the molecule is COc1ccc(OC(C)C(=O)N2CCN(c3nnc(-c4cccs4)s3)CC2)cc1. The third kappa shape index (κ3) is 4.51. The van der Waals surface area contributed by atoms with Crippen molar-refractivity contribution in [3.8, 4) is 21.4 Å². The fourth-order valence-corrected chi connectivity index (χ4v) is 4.82. The van der Waals surface area contributed by atoms with E-state index in [0.29, 0.717) is 18.8 Å². The van der Waals surface area contributed by atoms with Gasteiger partial charge in [-0.15, -0.1) is 21.5 Å². The molecule has 0 spiro atoms. The molecule has 1 unspecified atom stereocenters. The Labute approximate surface area is 177 Å². The van der Waals surface area contributed by atoms with Crippen LogP contribution in [0, 0.1) is 0 Å². The Morgan fingerprint density at radius 3 is 2.45 bits per heavy atom. The molecule has 3 heterocycles. The molecular weight excluding hydrogens is 408 g/mol. The number of thiophene rings is 1. The molecule has 152 valence electrons.